The van der Waals surface area contributed by atoms with Crippen molar-refractivity contribution in [2.45, 2.75) is 32.1 Å². The van der Waals surface area contributed by atoms with Crippen LogP contribution in [0.4, 0.5) is 4.39 Å². The summed E-state index contributed by atoms with van der Waals surface area (Å²) in [4.78, 5) is 26.2. The fourth-order valence-corrected chi connectivity index (χ4v) is 3.83. The number of likely N-dealkylation sites (tertiary alicyclic amines) is 1. The Bertz CT molecular complexity index is 876. The largest absolute Gasteiger partial charge is 0.481 e. The maximum atomic E-state index is 13.9. The zero-order chi connectivity index (χ0) is 19.0. The first-order valence-electron chi connectivity index (χ1n) is 9.21. The van der Waals surface area contributed by atoms with Crippen LogP contribution in [0, 0.1) is 17.2 Å². The Kier molecular flexibility index (Phi) is 4.45. The number of carbonyl (C=O) groups is 2. The van der Waals surface area contributed by atoms with Crippen LogP contribution < -0.4 is 0 Å². The second-order valence-electron chi connectivity index (χ2n) is 7.56. The predicted molar refractivity (Wildman–Crippen MR) is 94.2 cm³/mol. The number of nitrogens with zero attached hydrogens (tertiary/aromatic N) is 2. The summed E-state index contributed by atoms with van der Waals surface area (Å²) >= 11 is 0. The molecule has 1 aromatic heterocycles. The zero-order valence-electron chi connectivity index (χ0n) is 14.9. The topological polar surface area (TPSA) is 83.6 Å². The Morgan fingerprint density at radius 1 is 1.33 bits per heavy atom. The molecular formula is C20H21FN2O4. The molecule has 0 bridgehead atoms. The van der Waals surface area contributed by atoms with Crippen LogP contribution in [0.3, 0.4) is 0 Å². The lowest BCUT2D eigenvalue weighted by molar-refractivity contribution is -0.155. The van der Waals surface area contributed by atoms with Gasteiger partial charge in [0.2, 0.25) is 5.91 Å². The molecule has 2 aliphatic rings. The lowest BCUT2D eigenvalue weighted by Crippen LogP contribution is -2.51. The molecule has 2 fully saturated rings. The molecule has 7 heteroatoms. The molecule has 1 N–H and O–H groups in total. The first-order chi connectivity index (χ1) is 13.0. The number of benzene rings is 1. The summed E-state index contributed by atoms with van der Waals surface area (Å²) < 4.78 is 19.3. The number of rotatable bonds is 5. The third-order valence-electron chi connectivity index (χ3n) is 5.49. The van der Waals surface area contributed by atoms with Crippen LogP contribution in [0.1, 0.15) is 31.4 Å². The van der Waals surface area contributed by atoms with E-state index < -0.39 is 17.2 Å². The van der Waals surface area contributed by atoms with Gasteiger partial charge in [-0.2, -0.15) is 0 Å². The van der Waals surface area contributed by atoms with E-state index >= 15 is 0 Å². The molecule has 4 rings (SSSR count). The van der Waals surface area contributed by atoms with Gasteiger partial charge in [-0.15, -0.1) is 0 Å². The summed E-state index contributed by atoms with van der Waals surface area (Å²) in [5.41, 5.74) is -0.453. The van der Waals surface area contributed by atoms with E-state index in [1.807, 2.05) is 0 Å². The van der Waals surface area contributed by atoms with Gasteiger partial charge in [-0.25, -0.2) is 4.39 Å². The van der Waals surface area contributed by atoms with E-state index in [-0.39, 0.29) is 24.8 Å². The smallest absolute Gasteiger partial charge is 0.311 e. The molecule has 1 unspecified atom stereocenters. The van der Waals surface area contributed by atoms with E-state index in [0.717, 1.165) is 12.8 Å². The van der Waals surface area contributed by atoms with Gasteiger partial charge in [-0.05, 0) is 37.8 Å². The number of aliphatic carboxylic acids is 1. The van der Waals surface area contributed by atoms with Gasteiger partial charge in [0.05, 0.1) is 5.41 Å². The van der Waals surface area contributed by atoms with Crippen molar-refractivity contribution in [3.63, 3.8) is 0 Å². The number of piperidine rings is 1. The SMILES string of the molecule is O=C(C1CC1)N1CCCC(Cc2cc(-c3ccccc3F)no2)(C(=O)O)C1. The minimum absolute atomic E-state index is 0.0601. The van der Waals surface area contributed by atoms with Crippen LogP contribution in [-0.4, -0.2) is 40.1 Å². The van der Waals surface area contributed by atoms with Gasteiger partial charge in [-0.3, -0.25) is 9.59 Å². The maximum Gasteiger partial charge on any atom is 0.311 e. The molecule has 6 nitrogen and oxygen atoms in total. The minimum atomic E-state index is -1.10. The lowest BCUT2D eigenvalue weighted by Gasteiger charge is -2.39. The van der Waals surface area contributed by atoms with Crippen molar-refractivity contribution in [1.82, 2.24) is 10.1 Å². The molecule has 1 saturated carbocycles. The Morgan fingerprint density at radius 2 is 2.11 bits per heavy atom. The third kappa shape index (κ3) is 3.46. The summed E-state index contributed by atoms with van der Waals surface area (Å²) in [6.45, 7) is 0.772. The van der Waals surface area contributed by atoms with Crippen molar-refractivity contribution < 1.29 is 23.6 Å². The number of hydrogen-bond acceptors (Lipinski definition) is 4. The highest BCUT2D eigenvalue weighted by atomic mass is 19.1. The van der Waals surface area contributed by atoms with Crippen molar-refractivity contribution in [2.24, 2.45) is 11.3 Å². The maximum absolute atomic E-state index is 13.9. The number of hydrogen-bond donors (Lipinski definition) is 1. The Hall–Kier alpha value is -2.70. The van der Waals surface area contributed by atoms with Crippen LogP contribution in [0.5, 0.6) is 0 Å². The molecule has 1 amide bonds. The molecule has 2 aromatic rings. The van der Waals surface area contributed by atoms with E-state index in [1.54, 1.807) is 29.2 Å². The van der Waals surface area contributed by atoms with Crippen LogP contribution in [0.2, 0.25) is 0 Å². The second-order valence-corrected chi connectivity index (χ2v) is 7.56. The van der Waals surface area contributed by atoms with Crippen LogP contribution in [0.15, 0.2) is 34.9 Å². The normalized spacial score (nSPS) is 22.6. The van der Waals surface area contributed by atoms with E-state index in [9.17, 15) is 19.1 Å². The van der Waals surface area contributed by atoms with E-state index in [1.165, 1.54) is 6.07 Å². The molecule has 1 saturated heterocycles. The van der Waals surface area contributed by atoms with Gasteiger partial charge < -0.3 is 14.5 Å². The van der Waals surface area contributed by atoms with Gasteiger partial charge in [0.1, 0.15) is 17.3 Å². The van der Waals surface area contributed by atoms with Crippen molar-refractivity contribution in [3.8, 4) is 11.3 Å². The fraction of sp³-hybridized carbons (Fsp3) is 0.450. The quantitative estimate of drug-likeness (QED) is 0.872. The fourth-order valence-electron chi connectivity index (χ4n) is 3.83. The summed E-state index contributed by atoms with van der Waals surface area (Å²) in [7, 11) is 0. The Labute approximate surface area is 155 Å². The summed E-state index contributed by atoms with van der Waals surface area (Å²) in [6, 6.07) is 7.82. The molecule has 1 aromatic carbocycles. The molecule has 0 radical (unpaired) electrons. The van der Waals surface area contributed by atoms with Crippen molar-refractivity contribution in [3.05, 3.63) is 41.9 Å². The summed E-state index contributed by atoms with van der Waals surface area (Å²) in [5, 5.41) is 13.8. The number of carbonyl (C=O) groups excluding carboxylic acids is 1. The number of aromatic nitrogens is 1. The number of carboxylic acids is 1. The molecule has 2 heterocycles. The van der Waals surface area contributed by atoms with E-state index in [2.05, 4.69) is 5.16 Å². The molecule has 1 atom stereocenters. The molecule has 1 aliphatic heterocycles. The standard InChI is InChI=1S/C20H21FN2O4/c21-16-5-2-1-4-15(16)17-10-14(27-22-17)11-20(19(25)26)8-3-9-23(12-20)18(24)13-6-7-13/h1-2,4-5,10,13H,3,6-9,11-12H2,(H,25,26). The van der Waals surface area contributed by atoms with E-state index in [4.69, 9.17) is 4.52 Å². The number of halogens is 1. The molecular weight excluding hydrogens is 351 g/mol. The van der Waals surface area contributed by atoms with Gasteiger partial charge in [-0.1, -0.05) is 17.3 Å². The average molecular weight is 372 g/mol. The minimum Gasteiger partial charge on any atom is -0.481 e. The Morgan fingerprint density at radius 3 is 2.81 bits per heavy atom. The predicted octanol–water partition coefficient (Wildman–Crippen LogP) is 3.13. The molecule has 27 heavy (non-hydrogen) atoms. The highest BCUT2D eigenvalue weighted by molar-refractivity contribution is 5.83. The van der Waals surface area contributed by atoms with Gasteiger partial charge in [0.15, 0.2) is 0 Å². The van der Waals surface area contributed by atoms with Gasteiger partial charge in [0, 0.05) is 37.1 Å². The zero-order valence-corrected chi connectivity index (χ0v) is 14.9. The van der Waals surface area contributed by atoms with Crippen LogP contribution >= 0.6 is 0 Å². The monoisotopic (exact) mass is 372 g/mol. The lowest BCUT2D eigenvalue weighted by atomic mass is 9.76. The van der Waals surface area contributed by atoms with Crippen LogP contribution in [0.25, 0.3) is 11.3 Å². The third-order valence-corrected chi connectivity index (χ3v) is 5.49. The molecule has 0 spiro atoms. The first kappa shape index (κ1) is 17.7. The average Bonchev–Trinajstić information content (AvgIpc) is 3.41. The summed E-state index contributed by atoms with van der Waals surface area (Å²) in [6.07, 6.45) is 3.01. The van der Waals surface area contributed by atoms with Gasteiger partial charge in [0.25, 0.3) is 0 Å². The van der Waals surface area contributed by atoms with Crippen LogP contribution in [-0.2, 0) is 16.0 Å². The van der Waals surface area contributed by atoms with Crippen molar-refractivity contribution in [2.75, 3.05) is 13.1 Å². The Balaban J connectivity index is 1.56. The van der Waals surface area contributed by atoms with Crippen molar-refractivity contribution >= 4 is 11.9 Å². The highest BCUT2D eigenvalue weighted by Gasteiger charge is 2.46. The summed E-state index contributed by atoms with van der Waals surface area (Å²) in [5.74, 6) is -0.849. The number of amides is 1. The molecule has 1 aliphatic carbocycles. The number of carboxylic acid groups (broad SMARTS) is 1. The highest BCUT2D eigenvalue weighted by Crippen LogP contribution is 2.38. The van der Waals surface area contributed by atoms with Gasteiger partial charge >= 0.3 is 5.97 Å². The molecule has 142 valence electrons. The van der Waals surface area contributed by atoms with E-state index in [0.29, 0.717) is 36.4 Å². The van der Waals surface area contributed by atoms with Crippen molar-refractivity contribution in [1.29, 1.82) is 0 Å². The first-order valence-corrected chi connectivity index (χ1v) is 9.21. The second kappa shape index (κ2) is 6.79.